The summed E-state index contributed by atoms with van der Waals surface area (Å²) in [4.78, 5) is 18.3. The molecule has 2 aliphatic heterocycles. The first-order valence-electron chi connectivity index (χ1n) is 7.48. The van der Waals surface area contributed by atoms with Crippen molar-refractivity contribution in [3.8, 4) is 11.5 Å². The third kappa shape index (κ3) is 2.27. The van der Waals surface area contributed by atoms with Crippen LogP contribution in [0.5, 0.6) is 0 Å². The van der Waals surface area contributed by atoms with Crippen molar-refractivity contribution >= 4 is 5.95 Å². The Labute approximate surface area is 123 Å². The van der Waals surface area contributed by atoms with Gasteiger partial charge in [-0.05, 0) is 25.5 Å². The molecule has 110 valence electrons. The summed E-state index contributed by atoms with van der Waals surface area (Å²) in [6.07, 6.45) is 5.97. The molecular weight excluding hydrogens is 266 g/mol. The van der Waals surface area contributed by atoms with E-state index in [1.54, 1.807) is 11.0 Å². The maximum absolute atomic E-state index is 4.69. The van der Waals surface area contributed by atoms with Crippen LogP contribution in [-0.2, 0) is 7.05 Å². The van der Waals surface area contributed by atoms with Crippen LogP contribution >= 0.6 is 0 Å². The van der Waals surface area contributed by atoms with Crippen LogP contribution in [0, 0.1) is 0 Å². The third-order valence-corrected chi connectivity index (χ3v) is 4.45. The highest BCUT2D eigenvalue weighted by Crippen LogP contribution is 2.24. The van der Waals surface area contributed by atoms with E-state index in [1.165, 1.54) is 19.4 Å². The summed E-state index contributed by atoms with van der Waals surface area (Å²) in [5.74, 6) is 1.58. The van der Waals surface area contributed by atoms with Crippen molar-refractivity contribution in [2.24, 2.45) is 7.05 Å². The van der Waals surface area contributed by atoms with E-state index in [1.807, 2.05) is 19.3 Å². The Kier molecular flexibility index (Phi) is 3.07. The van der Waals surface area contributed by atoms with Crippen molar-refractivity contribution in [3.63, 3.8) is 0 Å². The largest absolute Gasteiger partial charge is 0.338 e. The highest BCUT2D eigenvalue weighted by Gasteiger charge is 2.31. The zero-order valence-electron chi connectivity index (χ0n) is 12.2. The fraction of sp³-hybridized carbons (Fsp3) is 0.571. The summed E-state index contributed by atoms with van der Waals surface area (Å²) in [6.45, 7) is 4.39. The quantitative estimate of drug-likeness (QED) is 0.803. The molecule has 0 radical (unpaired) electrons. The molecule has 0 aromatic carbocycles. The monoisotopic (exact) mass is 285 g/mol. The molecule has 4 rings (SSSR count). The molecule has 0 amide bonds. The smallest absolute Gasteiger partial charge is 0.226 e. The van der Waals surface area contributed by atoms with Crippen molar-refractivity contribution in [2.75, 3.05) is 31.1 Å². The molecule has 2 aromatic heterocycles. The summed E-state index contributed by atoms with van der Waals surface area (Å²) < 4.78 is 1.74. The molecule has 7 nitrogen and oxygen atoms in total. The van der Waals surface area contributed by atoms with Crippen molar-refractivity contribution in [2.45, 2.75) is 18.9 Å². The van der Waals surface area contributed by atoms with E-state index in [4.69, 9.17) is 0 Å². The van der Waals surface area contributed by atoms with Gasteiger partial charge in [-0.25, -0.2) is 19.6 Å². The van der Waals surface area contributed by atoms with Crippen LogP contribution in [0.1, 0.15) is 12.8 Å². The highest BCUT2D eigenvalue weighted by atomic mass is 15.4. The van der Waals surface area contributed by atoms with Crippen LogP contribution in [0.2, 0.25) is 0 Å². The van der Waals surface area contributed by atoms with Gasteiger partial charge >= 0.3 is 0 Å². The number of aromatic nitrogens is 5. The topological polar surface area (TPSA) is 63.0 Å². The van der Waals surface area contributed by atoms with Gasteiger partial charge in [0.25, 0.3) is 0 Å². The molecule has 0 bridgehead atoms. The predicted octanol–water partition coefficient (Wildman–Crippen LogP) is 0.556. The van der Waals surface area contributed by atoms with E-state index >= 15 is 0 Å². The minimum absolute atomic E-state index is 0.667. The molecule has 21 heavy (non-hydrogen) atoms. The zero-order chi connectivity index (χ0) is 14.2. The summed E-state index contributed by atoms with van der Waals surface area (Å²) in [5, 5.41) is 4.10. The van der Waals surface area contributed by atoms with Crippen LogP contribution in [0.4, 0.5) is 5.95 Å². The van der Waals surface area contributed by atoms with Crippen LogP contribution in [0.15, 0.2) is 18.6 Å². The first-order valence-corrected chi connectivity index (χ1v) is 7.48. The Hall–Kier alpha value is -2.02. The fourth-order valence-electron chi connectivity index (χ4n) is 3.33. The lowest BCUT2D eigenvalue weighted by molar-refractivity contribution is 0.229. The van der Waals surface area contributed by atoms with E-state index in [0.29, 0.717) is 6.04 Å². The molecule has 0 aliphatic carbocycles. The van der Waals surface area contributed by atoms with Gasteiger partial charge in [0.05, 0.1) is 0 Å². The first kappa shape index (κ1) is 12.7. The van der Waals surface area contributed by atoms with Crippen LogP contribution in [-0.4, -0.2) is 61.9 Å². The van der Waals surface area contributed by atoms with Crippen LogP contribution < -0.4 is 4.90 Å². The minimum atomic E-state index is 0.667. The molecule has 2 saturated heterocycles. The van der Waals surface area contributed by atoms with E-state index in [0.717, 1.165) is 37.1 Å². The Morgan fingerprint density at radius 2 is 2.14 bits per heavy atom. The number of nitrogens with zero attached hydrogens (tertiary/aromatic N) is 7. The standard InChI is InChI=1S/C14H19N7/c1-19-13(16-10-17-19)12-4-5-15-14(18-12)21-8-7-20-6-2-3-11(20)9-21/h4-5,10-11H,2-3,6-9H2,1H3. The second kappa shape index (κ2) is 5.07. The summed E-state index contributed by atoms with van der Waals surface area (Å²) >= 11 is 0. The first-order chi connectivity index (χ1) is 10.3. The highest BCUT2D eigenvalue weighted by molar-refractivity contribution is 5.51. The van der Waals surface area contributed by atoms with E-state index in [2.05, 4.69) is 29.9 Å². The number of fused-ring (bicyclic) bond motifs is 1. The van der Waals surface area contributed by atoms with Crippen LogP contribution in [0.25, 0.3) is 11.5 Å². The molecule has 1 atom stereocenters. The summed E-state index contributed by atoms with van der Waals surface area (Å²) in [5.41, 5.74) is 0.828. The van der Waals surface area contributed by atoms with Crippen molar-refractivity contribution < 1.29 is 0 Å². The van der Waals surface area contributed by atoms with Crippen molar-refractivity contribution in [3.05, 3.63) is 18.6 Å². The summed E-state index contributed by atoms with van der Waals surface area (Å²) in [7, 11) is 1.88. The van der Waals surface area contributed by atoms with E-state index < -0.39 is 0 Å². The normalized spacial score (nSPS) is 22.5. The number of piperazine rings is 1. The maximum atomic E-state index is 4.69. The average Bonchev–Trinajstić information content (AvgIpc) is 3.15. The Bertz CT molecular complexity index is 638. The fourth-order valence-corrected chi connectivity index (χ4v) is 3.33. The molecule has 1 unspecified atom stereocenters. The van der Waals surface area contributed by atoms with Gasteiger partial charge in [-0.15, -0.1) is 0 Å². The van der Waals surface area contributed by atoms with Crippen molar-refractivity contribution in [1.82, 2.24) is 29.6 Å². The van der Waals surface area contributed by atoms with Gasteiger partial charge in [-0.3, -0.25) is 4.90 Å². The van der Waals surface area contributed by atoms with Gasteiger partial charge in [0.2, 0.25) is 5.95 Å². The van der Waals surface area contributed by atoms with Crippen molar-refractivity contribution in [1.29, 1.82) is 0 Å². The molecule has 7 heteroatoms. The minimum Gasteiger partial charge on any atom is -0.338 e. The van der Waals surface area contributed by atoms with E-state index in [9.17, 15) is 0 Å². The van der Waals surface area contributed by atoms with Crippen LogP contribution in [0.3, 0.4) is 0 Å². The molecule has 4 heterocycles. The third-order valence-electron chi connectivity index (χ3n) is 4.45. The van der Waals surface area contributed by atoms with Gasteiger partial charge in [-0.1, -0.05) is 0 Å². The number of hydrogen-bond donors (Lipinski definition) is 0. The SMILES string of the molecule is Cn1ncnc1-c1ccnc(N2CCN3CCCC3C2)n1. The summed E-state index contributed by atoms with van der Waals surface area (Å²) in [6, 6.07) is 2.56. The van der Waals surface area contributed by atoms with Gasteiger partial charge < -0.3 is 4.90 Å². The van der Waals surface area contributed by atoms with Gasteiger partial charge in [0, 0.05) is 38.9 Å². The van der Waals surface area contributed by atoms with Gasteiger partial charge in [0.15, 0.2) is 5.82 Å². The molecule has 0 N–H and O–H groups in total. The lowest BCUT2D eigenvalue weighted by Gasteiger charge is -2.37. The molecular formula is C14H19N7. The second-order valence-electron chi connectivity index (χ2n) is 5.73. The lowest BCUT2D eigenvalue weighted by Crippen LogP contribution is -2.50. The maximum Gasteiger partial charge on any atom is 0.226 e. The van der Waals surface area contributed by atoms with E-state index in [-0.39, 0.29) is 0 Å². The number of hydrogen-bond acceptors (Lipinski definition) is 6. The molecule has 0 saturated carbocycles. The van der Waals surface area contributed by atoms with Gasteiger partial charge in [-0.2, -0.15) is 5.10 Å². The number of anilines is 1. The predicted molar refractivity (Wildman–Crippen MR) is 78.8 cm³/mol. The average molecular weight is 285 g/mol. The Morgan fingerprint density at radius 3 is 3.00 bits per heavy atom. The molecule has 2 aromatic rings. The number of rotatable bonds is 2. The lowest BCUT2D eigenvalue weighted by atomic mass is 10.1. The Balaban J connectivity index is 1.60. The zero-order valence-corrected chi connectivity index (χ0v) is 12.2. The second-order valence-corrected chi connectivity index (χ2v) is 5.73. The molecule has 2 fully saturated rings. The Morgan fingerprint density at radius 1 is 1.19 bits per heavy atom. The van der Waals surface area contributed by atoms with Gasteiger partial charge in [0.1, 0.15) is 12.0 Å². The number of aryl methyl sites for hydroxylation is 1. The molecule has 2 aliphatic rings. The molecule has 0 spiro atoms.